The van der Waals surface area contributed by atoms with Gasteiger partial charge in [-0.1, -0.05) is 51.7 Å². The molecule has 0 amide bonds. The third-order valence-corrected chi connectivity index (χ3v) is 3.66. The minimum atomic E-state index is 0.688. The number of benzene rings is 1. The van der Waals surface area contributed by atoms with Gasteiger partial charge in [0.25, 0.3) is 0 Å². The van der Waals surface area contributed by atoms with Gasteiger partial charge in [0.15, 0.2) is 0 Å². The molecule has 3 heteroatoms. The highest BCUT2D eigenvalue weighted by molar-refractivity contribution is 5.84. The molecule has 120 valence electrons. The van der Waals surface area contributed by atoms with E-state index in [-0.39, 0.29) is 0 Å². The molecule has 0 aliphatic carbocycles. The minimum Gasteiger partial charge on any atom is -0.491 e. The maximum Gasteiger partial charge on any atom is 0.213 e. The number of unbranched alkanes of at least 4 members (excludes halogenated alkanes) is 4. The van der Waals surface area contributed by atoms with Crippen LogP contribution in [0.5, 0.6) is 11.6 Å². The number of para-hydroxylation sites is 1. The number of ether oxygens (including phenoxy) is 2. The minimum absolute atomic E-state index is 0.688. The van der Waals surface area contributed by atoms with Crippen LogP contribution in [0.3, 0.4) is 0 Å². The van der Waals surface area contributed by atoms with Gasteiger partial charge in [0, 0.05) is 11.5 Å². The van der Waals surface area contributed by atoms with E-state index in [0.29, 0.717) is 5.88 Å². The number of fused-ring (bicyclic) bond motifs is 1. The third-order valence-electron chi connectivity index (χ3n) is 3.66. The van der Waals surface area contributed by atoms with Crippen LogP contribution in [0.4, 0.5) is 0 Å². The number of rotatable bonds is 10. The Morgan fingerprint density at radius 3 is 2.27 bits per heavy atom. The molecule has 0 N–H and O–H groups in total. The summed E-state index contributed by atoms with van der Waals surface area (Å²) in [5.74, 6) is 1.54. The van der Waals surface area contributed by atoms with Gasteiger partial charge >= 0.3 is 0 Å². The van der Waals surface area contributed by atoms with E-state index in [2.05, 4.69) is 31.0 Å². The standard InChI is InChI=1S/C19H27NO2/c1-3-5-7-14-21-17-11-9-10-16-12-13-18(20-19(16)17)22-15-8-6-4-2/h9-13H,3-8,14-15H2,1-2H3. The van der Waals surface area contributed by atoms with Gasteiger partial charge in [-0.2, -0.15) is 0 Å². The van der Waals surface area contributed by atoms with Crippen molar-refractivity contribution in [2.24, 2.45) is 0 Å². The van der Waals surface area contributed by atoms with Crippen LogP contribution in [0.15, 0.2) is 30.3 Å². The fourth-order valence-electron chi connectivity index (χ4n) is 2.36. The number of nitrogens with zero attached hydrogens (tertiary/aromatic N) is 1. The van der Waals surface area contributed by atoms with E-state index in [4.69, 9.17) is 9.47 Å². The predicted octanol–water partition coefficient (Wildman–Crippen LogP) is 5.37. The molecular weight excluding hydrogens is 274 g/mol. The molecule has 0 radical (unpaired) electrons. The number of aromatic nitrogens is 1. The van der Waals surface area contributed by atoms with Crippen molar-refractivity contribution in [1.82, 2.24) is 4.98 Å². The van der Waals surface area contributed by atoms with Crippen LogP contribution >= 0.6 is 0 Å². The Kier molecular flexibility index (Phi) is 7.01. The first-order valence-electron chi connectivity index (χ1n) is 8.50. The number of hydrogen-bond acceptors (Lipinski definition) is 3. The van der Waals surface area contributed by atoms with Crippen LogP contribution in [0.1, 0.15) is 52.4 Å². The molecule has 0 saturated carbocycles. The van der Waals surface area contributed by atoms with E-state index in [1.165, 1.54) is 25.7 Å². The first-order chi connectivity index (χ1) is 10.8. The van der Waals surface area contributed by atoms with Gasteiger partial charge in [-0.25, -0.2) is 4.98 Å². The molecule has 0 atom stereocenters. The number of hydrogen-bond donors (Lipinski definition) is 0. The van der Waals surface area contributed by atoms with Gasteiger partial charge < -0.3 is 9.47 Å². The predicted molar refractivity (Wildman–Crippen MR) is 91.8 cm³/mol. The molecule has 2 aromatic rings. The lowest BCUT2D eigenvalue weighted by Crippen LogP contribution is -2.01. The summed E-state index contributed by atoms with van der Waals surface area (Å²) in [4.78, 5) is 4.62. The summed E-state index contributed by atoms with van der Waals surface area (Å²) < 4.78 is 11.6. The van der Waals surface area contributed by atoms with E-state index in [0.717, 1.165) is 42.7 Å². The molecule has 1 heterocycles. The van der Waals surface area contributed by atoms with Gasteiger partial charge in [-0.3, -0.25) is 0 Å². The number of pyridine rings is 1. The van der Waals surface area contributed by atoms with Crippen molar-refractivity contribution in [3.8, 4) is 11.6 Å². The fraction of sp³-hybridized carbons (Fsp3) is 0.526. The molecule has 0 aliphatic rings. The summed E-state index contributed by atoms with van der Waals surface area (Å²) in [7, 11) is 0. The smallest absolute Gasteiger partial charge is 0.213 e. The first kappa shape index (κ1) is 16.6. The van der Waals surface area contributed by atoms with Crippen LogP contribution in [-0.2, 0) is 0 Å². The third kappa shape index (κ3) is 4.90. The molecule has 3 nitrogen and oxygen atoms in total. The summed E-state index contributed by atoms with van der Waals surface area (Å²) in [6.45, 7) is 5.86. The lowest BCUT2D eigenvalue weighted by atomic mass is 10.2. The zero-order chi connectivity index (χ0) is 15.6. The Hall–Kier alpha value is -1.77. The zero-order valence-electron chi connectivity index (χ0n) is 13.8. The maximum atomic E-state index is 5.90. The van der Waals surface area contributed by atoms with E-state index >= 15 is 0 Å². The van der Waals surface area contributed by atoms with Crippen LogP contribution in [0.25, 0.3) is 10.9 Å². The van der Waals surface area contributed by atoms with Gasteiger partial charge in [0.1, 0.15) is 11.3 Å². The Bertz CT molecular complexity index is 568. The van der Waals surface area contributed by atoms with E-state index in [1.54, 1.807) is 0 Å². The highest BCUT2D eigenvalue weighted by Crippen LogP contribution is 2.26. The van der Waals surface area contributed by atoms with Crippen molar-refractivity contribution in [3.05, 3.63) is 30.3 Å². The van der Waals surface area contributed by atoms with Crippen LogP contribution in [-0.4, -0.2) is 18.2 Å². The van der Waals surface area contributed by atoms with Gasteiger partial charge in [0.2, 0.25) is 5.88 Å². The Morgan fingerprint density at radius 1 is 0.818 bits per heavy atom. The molecule has 0 spiro atoms. The van der Waals surface area contributed by atoms with Gasteiger partial charge in [-0.15, -0.1) is 0 Å². The van der Waals surface area contributed by atoms with Crippen molar-refractivity contribution in [2.75, 3.05) is 13.2 Å². The topological polar surface area (TPSA) is 31.4 Å². The molecule has 0 aliphatic heterocycles. The van der Waals surface area contributed by atoms with E-state index in [1.807, 2.05) is 18.2 Å². The van der Waals surface area contributed by atoms with E-state index < -0.39 is 0 Å². The summed E-state index contributed by atoms with van der Waals surface area (Å²) >= 11 is 0. The van der Waals surface area contributed by atoms with Crippen molar-refractivity contribution in [1.29, 1.82) is 0 Å². The Morgan fingerprint density at radius 2 is 1.55 bits per heavy atom. The largest absolute Gasteiger partial charge is 0.491 e. The lowest BCUT2D eigenvalue weighted by molar-refractivity contribution is 0.294. The first-order valence-corrected chi connectivity index (χ1v) is 8.50. The average molecular weight is 301 g/mol. The van der Waals surface area contributed by atoms with Gasteiger partial charge in [-0.05, 0) is 25.0 Å². The molecule has 22 heavy (non-hydrogen) atoms. The molecule has 0 unspecified atom stereocenters. The molecule has 2 rings (SSSR count). The summed E-state index contributed by atoms with van der Waals surface area (Å²) in [5.41, 5.74) is 0.895. The SMILES string of the molecule is CCCCCOc1ccc2cccc(OCCCCC)c2n1. The summed E-state index contributed by atoms with van der Waals surface area (Å²) in [5, 5.41) is 1.09. The van der Waals surface area contributed by atoms with Crippen LogP contribution < -0.4 is 9.47 Å². The average Bonchev–Trinajstić information content (AvgIpc) is 2.56. The summed E-state index contributed by atoms with van der Waals surface area (Å²) in [6.07, 6.45) is 6.95. The highest BCUT2D eigenvalue weighted by Gasteiger charge is 2.06. The normalized spacial score (nSPS) is 10.8. The second-order valence-electron chi connectivity index (χ2n) is 5.59. The van der Waals surface area contributed by atoms with Gasteiger partial charge in [0.05, 0.1) is 13.2 Å². The summed E-state index contributed by atoms with van der Waals surface area (Å²) in [6, 6.07) is 10.1. The lowest BCUT2D eigenvalue weighted by Gasteiger charge is -2.10. The monoisotopic (exact) mass is 301 g/mol. The Balaban J connectivity index is 2.04. The molecular formula is C19H27NO2. The Labute approximate surface area is 133 Å². The van der Waals surface area contributed by atoms with Crippen LogP contribution in [0.2, 0.25) is 0 Å². The molecule has 0 saturated heterocycles. The zero-order valence-corrected chi connectivity index (χ0v) is 13.8. The molecule has 1 aromatic carbocycles. The van der Waals surface area contributed by atoms with Crippen molar-refractivity contribution >= 4 is 10.9 Å². The van der Waals surface area contributed by atoms with Crippen molar-refractivity contribution in [2.45, 2.75) is 52.4 Å². The van der Waals surface area contributed by atoms with Crippen molar-refractivity contribution in [3.63, 3.8) is 0 Å². The van der Waals surface area contributed by atoms with Crippen molar-refractivity contribution < 1.29 is 9.47 Å². The molecule has 0 fully saturated rings. The van der Waals surface area contributed by atoms with Crippen LogP contribution in [0, 0.1) is 0 Å². The maximum absolute atomic E-state index is 5.90. The van der Waals surface area contributed by atoms with E-state index in [9.17, 15) is 0 Å². The fourth-order valence-corrected chi connectivity index (χ4v) is 2.36. The molecule has 1 aromatic heterocycles. The highest BCUT2D eigenvalue weighted by atomic mass is 16.5. The molecule has 0 bridgehead atoms. The second kappa shape index (κ2) is 9.29. The quantitative estimate of drug-likeness (QED) is 0.553. The second-order valence-corrected chi connectivity index (χ2v) is 5.59.